The lowest BCUT2D eigenvalue weighted by atomic mass is 10.2. The molecule has 21 heavy (non-hydrogen) atoms. The van der Waals surface area contributed by atoms with Crippen molar-refractivity contribution in [3.63, 3.8) is 0 Å². The number of anilines is 3. The third kappa shape index (κ3) is 2.89. The summed E-state index contributed by atoms with van der Waals surface area (Å²) >= 11 is 0. The van der Waals surface area contributed by atoms with Crippen LogP contribution in [0.2, 0.25) is 0 Å². The number of rotatable bonds is 4. The van der Waals surface area contributed by atoms with E-state index in [1.807, 2.05) is 49.4 Å². The number of fused-ring (bicyclic) bond motifs is 1. The van der Waals surface area contributed by atoms with Crippen molar-refractivity contribution in [1.82, 2.24) is 4.98 Å². The van der Waals surface area contributed by atoms with Gasteiger partial charge < -0.3 is 15.8 Å². The molecule has 0 spiro atoms. The van der Waals surface area contributed by atoms with Crippen LogP contribution in [0.15, 0.2) is 54.7 Å². The minimum absolute atomic E-state index is 0.593. The van der Waals surface area contributed by atoms with Gasteiger partial charge in [0.2, 0.25) is 0 Å². The first-order chi connectivity index (χ1) is 10.3. The number of ether oxygens (including phenoxy) is 1. The second-order valence-electron chi connectivity index (χ2n) is 4.72. The summed E-state index contributed by atoms with van der Waals surface area (Å²) in [5.41, 5.74) is 9.45. The maximum Gasteiger partial charge on any atom is 0.144 e. The molecule has 0 saturated heterocycles. The van der Waals surface area contributed by atoms with Crippen molar-refractivity contribution in [3.8, 4) is 5.75 Å². The number of nitrogen functional groups attached to an aromatic ring is 1. The lowest BCUT2D eigenvalue weighted by Gasteiger charge is -2.11. The Morgan fingerprint density at radius 2 is 1.90 bits per heavy atom. The predicted molar refractivity (Wildman–Crippen MR) is 87.0 cm³/mol. The van der Waals surface area contributed by atoms with Gasteiger partial charge in [0.25, 0.3) is 0 Å². The molecule has 0 aliphatic heterocycles. The molecule has 4 heteroatoms. The van der Waals surface area contributed by atoms with Crippen LogP contribution >= 0.6 is 0 Å². The first-order valence-corrected chi connectivity index (χ1v) is 6.90. The van der Waals surface area contributed by atoms with Crippen molar-refractivity contribution in [2.45, 2.75) is 6.92 Å². The number of pyridine rings is 1. The van der Waals surface area contributed by atoms with Crippen LogP contribution in [0.1, 0.15) is 6.92 Å². The first kappa shape index (κ1) is 13.2. The third-order valence-corrected chi connectivity index (χ3v) is 3.21. The fourth-order valence-electron chi connectivity index (χ4n) is 2.21. The Morgan fingerprint density at radius 1 is 1.10 bits per heavy atom. The van der Waals surface area contributed by atoms with Gasteiger partial charge in [-0.15, -0.1) is 0 Å². The maximum atomic E-state index is 5.88. The Hall–Kier alpha value is -2.75. The van der Waals surface area contributed by atoms with E-state index in [2.05, 4.69) is 16.4 Å². The van der Waals surface area contributed by atoms with Gasteiger partial charge in [-0.1, -0.05) is 6.07 Å². The number of hydrogen-bond acceptors (Lipinski definition) is 4. The number of nitrogens with one attached hydrogen (secondary N) is 1. The van der Waals surface area contributed by atoms with E-state index in [0.29, 0.717) is 18.0 Å². The molecular formula is C17H17N3O. The molecule has 0 fully saturated rings. The van der Waals surface area contributed by atoms with E-state index in [-0.39, 0.29) is 0 Å². The molecule has 0 unspecified atom stereocenters. The van der Waals surface area contributed by atoms with Gasteiger partial charge in [0.15, 0.2) is 0 Å². The smallest absolute Gasteiger partial charge is 0.144 e. The highest BCUT2D eigenvalue weighted by Crippen LogP contribution is 2.28. The summed E-state index contributed by atoms with van der Waals surface area (Å²) in [6, 6.07) is 15.7. The summed E-state index contributed by atoms with van der Waals surface area (Å²) in [6.45, 7) is 2.53. The number of nitrogens with two attached hydrogens (primary N) is 1. The molecule has 4 nitrogen and oxygen atoms in total. The predicted octanol–water partition coefficient (Wildman–Crippen LogP) is 3.96. The molecule has 0 radical (unpaired) electrons. The van der Waals surface area contributed by atoms with Gasteiger partial charge in [-0.2, -0.15) is 0 Å². The molecule has 0 saturated carbocycles. The van der Waals surface area contributed by atoms with E-state index >= 15 is 0 Å². The summed E-state index contributed by atoms with van der Waals surface area (Å²) in [6.07, 6.45) is 1.80. The van der Waals surface area contributed by atoms with Crippen LogP contribution in [0.3, 0.4) is 0 Å². The van der Waals surface area contributed by atoms with Crippen molar-refractivity contribution in [2.75, 3.05) is 17.7 Å². The van der Waals surface area contributed by atoms with Crippen LogP contribution in [0.25, 0.3) is 10.9 Å². The average Bonchev–Trinajstić information content (AvgIpc) is 2.51. The van der Waals surface area contributed by atoms with Crippen LogP contribution < -0.4 is 15.8 Å². The van der Waals surface area contributed by atoms with Gasteiger partial charge >= 0.3 is 0 Å². The van der Waals surface area contributed by atoms with Crippen LogP contribution in [0.4, 0.5) is 17.1 Å². The van der Waals surface area contributed by atoms with E-state index in [9.17, 15) is 0 Å². The standard InChI is InChI=1S/C17H17N3O/c1-2-21-17-11-14(5-7-15(17)18)20-13-6-8-16-12(10-13)4-3-9-19-16/h3-11,20H,2,18H2,1H3. The SMILES string of the molecule is CCOc1cc(Nc2ccc3ncccc3c2)ccc1N. The van der Waals surface area contributed by atoms with Crippen LogP contribution in [0.5, 0.6) is 5.75 Å². The van der Waals surface area contributed by atoms with Crippen LogP contribution in [-0.4, -0.2) is 11.6 Å². The highest BCUT2D eigenvalue weighted by atomic mass is 16.5. The third-order valence-electron chi connectivity index (χ3n) is 3.21. The number of nitrogens with zero attached hydrogens (tertiary/aromatic N) is 1. The van der Waals surface area contributed by atoms with Crippen LogP contribution in [0, 0.1) is 0 Å². The lowest BCUT2D eigenvalue weighted by molar-refractivity contribution is 0.342. The van der Waals surface area contributed by atoms with Crippen molar-refractivity contribution < 1.29 is 4.74 Å². The van der Waals surface area contributed by atoms with Crippen molar-refractivity contribution in [2.24, 2.45) is 0 Å². The van der Waals surface area contributed by atoms with Gasteiger partial charge in [0, 0.05) is 29.0 Å². The highest BCUT2D eigenvalue weighted by Gasteiger charge is 2.03. The van der Waals surface area contributed by atoms with E-state index in [4.69, 9.17) is 10.5 Å². The van der Waals surface area contributed by atoms with Crippen LogP contribution in [-0.2, 0) is 0 Å². The fourth-order valence-corrected chi connectivity index (χ4v) is 2.21. The summed E-state index contributed by atoms with van der Waals surface area (Å²) in [5.74, 6) is 0.699. The Bertz CT molecular complexity index is 771. The van der Waals surface area contributed by atoms with E-state index in [0.717, 1.165) is 22.3 Å². The summed E-state index contributed by atoms with van der Waals surface area (Å²) in [5, 5.41) is 4.46. The normalized spacial score (nSPS) is 10.5. The second kappa shape index (κ2) is 5.71. The number of benzene rings is 2. The Balaban J connectivity index is 1.89. The Labute approximate surface area is 123 Å². The zero-order chi connectivity index (χ0) is 14.7. The largest absolute Gasteiger partial charge is 0.492 e. The molecule has 0 amide bonds. The molecule has 106 valence electrons. The molecule has 3 N–H and O–H groups in total. The topological polar surface area (TPSA) is 60.2 Å². The fraction of sp³-hybridized carbons (Fsp3) is 0.118. The minimum Gasteiger partial charge on any atom is -0.492 e. The zero-order valence-corrected chi connectivity index (χ0v) is 11.8. The molecule has 2 aromatic carbocycles. The van der Waals surface area contributed by atoms with Gasteiger partial charge in [0.1, 0.15) is 5.75 Å². The molecule has 0 atom stereocenters. The monoisotopic (exact) mass is 279 g/mol. The highest BCUT2D eigenvalue weighted by molar-refractivity contribution is 5.83. The Kier molecular flexibility index (Phi) is 3.60. The van der Waals surface area contributed by atoms with E-state index in [1.165, 1.54) is 0 Å². The molecule has 0 aliphatic carbocycles. The van der Waals surface area contributed by atoms with Crippen molar-refractivity contribution >= 4 is 28.0 Å². The number of aromatic nitrogens is 1. The number of hydrogen-bond donors (Lipinski definition) is 2. The molecule has 0 aliphatic rings. The van der Waals surface area contributed by atoms with Crippen molar-refractivity contribution in [3.05, 3.63) is 54.7 Å². The first-order valence-electron chi connectivity index (χ1n) is 6.90. The van der Waals surface area contributed by atoms with E-state index < -0.39 is 0 Å². The summed E-state index contributed by atoms with van der Waals surface area (Å²) in [4.78, 5) is 4.32. The molecular weight excluding hydrogens is 262 g/mol. The maximum absolute atomic E-state index is 5.88. The average molecular weight is 279 g/mol. The van der Waals surface area contributed by atoms with Gasteiger partial charge in [-0.25, -0.2) is 0 Å². The molecule has 3 rings (SSSR count). The van der Waals surface area contributed by atoms with E-state index in [1.54, 1.807) is 6.20 Å². The zero-order valence-electron chi connectivity index (χ0n) is 11.8. The van der Waals surface area contributed by atoms with Gasteiger partial charge in [-0.3, -0.25) is 4.98 Å². The molecule has 0 bridgehead atoms. The summed E-state index contributed by atoms with van der Waals surface area (Å²) < 4.78 is 5.51. The lowest BCUT2D eigenvalue weighted by Crippen LogP contribution is -1.98. The molecule has 1 heterocycles. The van der Waals surface area contributed by atoms with Gasteiger partial charge in [0.05, 0.1) is 17.8 Å². The Morgan fingerprint density at radius 3 is 2.76 bits per heavy atom. The quantitative estimate of drug-likeness (QED) is 0.710. The summed E-state index contributed by atoms with van der Waals surface area (Å²) in [7, 11) is 0. The molecule has 3 aromatic rings. The minimum atomic E-state index is 0.593. The van der Waals surface area contributed by atoms with Gasteiger partial charge in [-0.05, 0) is 43.3 Å². The second-order valence-corrected chi connectivity index (χ2v) is 4.72. The molecule has 1 aromatic heterocycles. The van der Waals surface area contributed by atoms with Crippen molar-refractivity contribution in [1.29, 1.82) is 0 Å².